The van der Waals surface area contributed by atoms with Crippen LogP contribution in [0.1, 0.15) is 46.5 Å². The Kier molecular flexibility index (Phi) is 4.95. The minimum atomic E-state index is -0.396. The van der Waals surface area contributed by atoms with Crippen molar-refractivity contribution in [2.45, 2.75) is 64.1 Å². The summed E-state index contributed by atoms with van der Waals surface area (Å²) in [6.07, 6.45) is 4.29. The lowest BCUT2D eigenvalue weighted by atomic mass is 9.91. The van der Waals surface area contributed by atoms with Crippen LogP contribution in [0.3, 0.4) is 0 Å². The van der Waals surface area contributed by atoms with Gasteiger partial charge in [-0.3, -0.25) is 9.69 Å². The van der Waals surface area contributed by atoms with Gasteiger partial charge in [0.1, 0.15) is 5.60 Å². The van der Waals surface area contributed by atoms with Gasteiger partial charge < -0.3 is 10.5 Å². The van der Waals surface area contributed by atoms with E-state index in [4.69, 9.17) is 10.5 Å². The quantitative estimate of drug-likeness (QED) is 0.763. The third kappa shape index (κ3) is 5.50. The second-order valence-corrected chi connectivity index (χ2v) is 6.07. The Morgan fingerprint density at radius 1 is 1.29 bits per heavy atom. The SMILES string of the molecule is CN(CC(=O)OC(C)(C)C)C1CCC(N)CC1. The summed E-state index contributed by atoms with van der Waals surface area (Å²) in [5.74, 6) is -0.144. The number of ether oxygens (including phenoxy) is 1. The molecule has 1 aliphatic carbocycles. The molecule has 0 atom stereocenters. The van der Waals surface area contributed by atoms with E-state index in [1.165, 1.54) is 0 Å². The first kappa shape index (κ1) is 14.5. The zero-order valence-electron chi connectivity index (χ0n) is 11.5. The van der Waals surface area contributed by atoms with Gasteiger partial charge in [0.05, 0.1) is 6.54 Å². The van der Waals surface area contributed by atoms with Crippen LogP contribution in [0.2, 0.25) is 0 Å². The lowest BCUT2D eigenvalue weighted by Gasteiger charge is -2.33. The summed E-state index contributed by atoms with van der Waals surface area (Å²) in [6.45, 7) is 6.05. The summed E-state index contributed by atoms with van der Waals surface area (Å²) in [7, 11) is 1.99. The van der Waals surface area contributed by atoms with Gasteiger partial charge in [0.25, 0.3) is 0 Å². The van der Waals surface area contributed by atoms with Crippen LogP contribution in [0.15, 0.2) is 0 Å². The molecule has 2 N–H and O–H groups in total. The fraction of sp³-hybridized carbons (Fsp3) is 0.923. The van der Waals surface area contributed by atoms with Gasteiger partial charge in [0.15, 0.2) is 0 Å². The largest absolute Gasteiger partial charge is 0.459 e. The molecule has 0 aliphatic heterocycles. The van der Waals surface area contributed by atoms with Crippen molar-refractivity contribution < 1.29 is 9.53 Å². The average Bonchev–Trinajstić information content (AvgIpc) is 2.15. The standard InChI is InChI=1S/C13H26N2O2/c1-13(2,3)17-12(16)9-15(4)11-7-5-10(14)6-8-11/h10-11H,5-9,14H2,1-4H3. The second kappa shape index (κ2) is 5.83. The molecule has 0 aromatic carbocycles. The zero-order chi connectivity index (χ0) is 13.1. The summed E-state index contributed by atoms with van der Waals surface area (Å²) >= 11 is 0. The van der Waals surface area contributed by atoms with E-state index in [-0.39, 0.29) is 5.97 Å². The molecule has 0 bridgehead atoms. The zero-order valence-corrected chi connectivity index (χ0v) is 11.5. The number of carbonyl (C=O) groups is 1. The highest BCUT2D eigenvalue weighted by Crippen LogP contribution is 2.21. The summed E-state index contributed by atoms with van der Waals surface area (Å²) in [5.41, 5.74) is 5.48. The molecular formula is C13H26N2O2. The number of esters is 1. The van der Waals surface area contributed by atoms with Crippen molar-refractivity contribution in [1.82, 2.24) is 4.90 Å². The first-order valence-electron chi connectivity index (χ1n) is 6.45. The smallest absolute Gasteiger partial charge is 0.320 e. The van der Waals surface area contributed by atoms with Gasteiger partial charge in [-0.1, -0.05) is 0 Å². The number of nitrogens with two attached hydrogens (primary N) is 1. The summed E-state index contributed by atoms with van der Waals surface area (Å²) in [6, 6.07) is 0.823. The molecule has 0 radical (unpaired) electrons. The normalized spacial score (nSPS) is 26.0. The summed E-state index contributed by atoms with van der Waals surface area (Å²) < 4.78 is 5.32. The number of nitrogens with zero attached hydrogens (tertiary/aromatic N) is 1. The van der Waals surface area contributed by atoms with Crippen molar-refractivity contribution in [3.8, 4) is 0 Å². The third-order valence-corrected chi connectivity index (χ3v) is 3.16. The van der Waals surface area contributed by atoms with Gasteiger partial charge in [0.2, 0.25) is 0 Å². The maximum atomic E-state index is 11.7. The van der Waals surface area contributed by atoms with E-state index in [0.29, 0.717) is 18.6 Å². The lowest BCUT2D eigenvalue weighted by molar-refractivity contribution is -0.156. The maximum absolute atomic E-state index is 11.7. The molecule has 0 spiro atoms. The van der Waals surface area contributed by atoms with Crippen molar-refractivity contribution in [2.24, 2.45) is 5.73 Å². The molecule has 0 amide bonds. The molecule has 100 valence electrons. The van der Waals surface area contributed by atoms with Gasteiger partial charge in [-0.2, -0.15) is 0 Å². The predicted octanol–water partition coefficient (Wildman–Crippen LogP) is 1.53. The molecule has 0 unspecified atom stereocenters. The highest BCUT2D eigenvalue weighted by Gasteiger charge is 2.25. The molecule has 1 rings (SSSR count). The fourth-order valence-electron chi connectivity index (χ4n) is 2.25. The molecule has 0 heterocycles. The molecule has 4 nitrogen and oxygen atoms in total. The summed E-state index contributed by atoms with van der Waals surface area (Å²) in [5, 5.41) is 0. The Hall–Kier alpha value is -0.610. The minimum absolute atomic E-state index is 0.144. The van der Waals surface area contributed by atoms with E-state index >= 15 is 0 Å². The minimum Gasteiger partial charge on any atom is -0.459 e. The van der Waals surface area contributed by atoms with E-state index in [2.05, 4.69) is 4.90 Å². The molecule has 1 aliphatic rings. The van der Waals surface area contributed by atoms with Crippen LogP contribution < -0.4 is 5.73 Å². The van der Waals surface area contributed by atoms with Crippen LogP contribution in [-0.2, 0) is 9.53 Å². The van der Waals surface area contributed by atoms with E-state index in [1.54, 1.807) is 0 Å². The Morgan fingerprint density at radius 2 is 1.82 bits per heavy atom. The van der Waals surface area contributed by atoms with E-state index in [9.17, 15) is 4.79 Å². The first-order valence-corrected chi connectivity index (χ1v) is 6.45. The van der Waals surface area contributed by atoms with Crippen molar-refractivity contribution in [3.05, 3.63) is 0 Å². The highest BCUT2D eigenvalue weighted by atomic mass is 16.6. The Morgan fingerprint density at radius 3 is 2.29 bits per heavy atom. The fourth-order valence-corrected chi connectivity index (χ4v) is 2.25. The molecule has 0 saturated heterocycles. The van der Waals surface area contributed by atoms with Gasteiger partial charge in [-0.15, -0.1) is 0 Å². The van der Waals surface area contributed by atoms with Crippen LogP contribution in [-0.4, -0.2) is 42.1 Å². The number of rotatable bonds is 3. The van der Waals surface area contributed by atoms with Gasteiger partial charge in [0, 0.05) is 12.1 Å². The molecule has 0 aromatic rings. The van der Waals surface area contributed by atoms with Crippen LogP contribution >= 0.6 is 0 Å². The topological polar surface area (TPSA) is 55.6 Å². The molecule has 1 saturated carbocycles. The lowest BCUT2D eigenvalue weighted by Crippen LogP contribution is -2.42. The molecule has 1 fully saturated rings. The monoisotopic (exact) mass is 242 g/mol. The van der Waals surface area contributed by atoms with Crippen molar-refractivity contribution >= 4 is 5.97 Å². The molecular weight excluding hydrogens is 216 g/mol. The third-order valence-electron chi connectivity index (χ3n) is 3.16. The van der Waals surface area contributed by atoms with Gasteiger partial charge in [-0.05, 0) is 53.5 Å². The highest BCUT2D eigenvalue weighted by molar-refractivity contribution is 5.72. The Balaban J connectivity index is 2.33. The van der Waals surface area contributed by atoms with E-state index in [0.717, 1.165) is 25.7 Å². The number of hydrogen-bond acceptors (Lipinski definition) is 4. The second-order valence-electron chi connectivity index (χ2n) is 6.07. The van der Waals surface area contributed by atoms with Crippen molar-refractivity contribution in [2.75, 3.05) is 13.6 Å². The Labute approximate surface area is 104 Å². The first-order chi connectivity index (χ1) is 7.78. The van der Waals surface area contributed by atoms with Crippen molar-refractivity contribution in [3.63, 3.8) is 0 Å². The van der Waals surface area contributed by atoms with E-state index < -0.39 is 5.60 Å². The van der Waals surface area contributed by atoms with Crippen LogP contribution in [0, 0.1) is 0 Å². The van der Waals surface area contributed by atoms with Crippen LogP contribution in [0.4, 0.5) is 0 Å². The number of likely N-dealkylation sites (N-methyl/N-ethyl adjacent to an activating group) is 1. The summed E-state index contributed by atoms with van der Waals surface area (Å²) in [4.78, 5) is 13.8. The number of carbonyl (C=O) groups excluding carboxylic acids is 1. The van der Waals surface area contributed by atoms with Crippen LogP contribution in [0.25, 0.3) is 0 Å². The molecule has 17 heavy (non-hydrogen) atoms. The van der Waals surface area contributed by atoms with Gasteiger partial charge in [-0.25, -0.2) is 0 Å². The number of hydrogen-bond donors (Lipinski definition) is 1. The average molecular weight is 242 g/mol. The maximum Gasteiger partial charge on any atom is 0.320 e. The molecule has 0 aromatic heterocycles. The Bertz CT molecular complexity index is 253. The van der Waals surface area contributed by atoms with E-state index in [1.807, 2.05) is 27.8 Å². The van der Waals surface area contributed by atoms with Crippen molar-refractivity contribution in [1.29, 1.82) is 0 Å². The molecule has 4 heteroatoms. The van der Waals surface area contributed by atoms with Crippen LogP contribution in [0.5, 0.6) is 0 Å². The predicted molar refractivity (Wildman–Crippen MR) is 68.7 cm³/mol. The van der Waals surface area contributed by atoms with Gasteiger partial charge >= 0.3 is 5.97 Å².